The molecule has 2 aromatic rings. The standard InChI is InChI=1S/C14H13Cl2NO4S2/c1-2-22(18,19)13-5-3-12(4-6-13)17-23(20,21)14-8-10(15)7-11(16)9-14/h3-9,17H,2H2,1H3. The maximum absolute atomic E-state index is 12.3. The lowest BCUT2D eigenvalue weighted by Crippen LogP contribution is -2.13. The zero-order valence-corrected chi connectivity index (χ0v) is 15.1. The Morgan fingerprint density at radius 3 is 1.87 bits per heavy atom. The van der Waals surface area contributed by atoms with Gasteiger partial charge in [-0.05, 0) is 42.5 Å². The highest BCUT2D eigenvalue weighted by Crippen LogP contribution is 2.24. The Balaban J connectivity index is 2.31. The van der Waals surface area contributed by atoms with Crippen molar-refractivity contribution < 1.29 is 16.8 Å². The van der Waals surface area contributed by atoms with Crippen LogP contribution < -0.4 is 4.72 Å². The minimum Gasteiger partial charge on any atom is -0.280 e. The highest BCUT2D eigenvalue weighted by atomic mass is 35.5. The lowest BCUT2D eigenvalue weighted by Gasteiger charge is -2.09. The first-order chi connectivity index (χ1) is 10.6. The van der Waals surface area contributed by atoms with Gasteiger partial charge < -0.3 is 0 Å². The Bertz CT molecular complexity index is 903. The van der Waals surface area contributed by atoms with E-state index in [4.69, 9.17) is 23.2 Å². The zero-order valence-electron chi connectivity index (χ0n) is 12.0. The van der Waals surface area contributed by atoms with E-state index in [-0.39, 0.29) is 31.3 Å². The fourth-order valence-electron chi connectivity index (χ4n) is 1.79. The fraction of sp³-hybridized carbons (Fsp3) is 0.143. The lowest BCUT2D eigenvalue weighted by molar-refractivity contribution is 0.597. The van der Waals surface area contributed by atoms with Crippen LogP contribution in [-0.2, 0) is 19.9 Å². The SMILES string of the molecule is CCS(=O)(=O)c1ccc(NS(=O)(=O)c2cc(Cl)cc(Cl)c2)cc1. The van der Waals surface area contributed by atoms with Crippen LogP contribution in [0.25, 0.3) is 0 Å². The third kappa shape index (κ3) is 4.38. The maximum Gasteiger partial charge on any atom is 0.261 e. The van der Waals surface area contributed by atoms with Crippen molar-refractivity contribution in [3.8, 4) is 0 Å². The van der Waals surface area contributed by atoms with Crippen molar-refractivity contribution in [2.24, 2.45) is 0 Å². The predicted octanol–water partition coefficient (Wildman–Crippen LogP) is 3.59. The molecule has 0 aromatic heterocycles. The van der Waals surface area contributed by atoms with Gasteiger partial charge in [-0.1, -0.05) is 30.1 Å². The van der Waals surface area contributed by atoms with Crippen LogP contribution in [0.15, 0.2) is 52.3 Å². The molecule has 2 aromatic carbocycles. The van der Waals surface area contributed by atoms with Gasteiger partial charge >= 0.3 is 0 Å². The van der Waals surface area contributed by atoms with Crippen molar-refractivity contribution in [3.63, 3.8) is 0 Å². The molecule has 0 saturated heterocycles. The number of anilines is 1. The van der Waals surface area contributed by atoms with Gasteiger partial charge in [-0.25, -0.2) is 16.8 Å². The van der Waals surface area contributed by atoms with Crippen LogP contribution in [0.2, 0.25) is 10.0 Å². The van der Waals surface area contributed by atoms with Crippen LogP contribution >= 0.6 is 23.2 Å². The molecule has 124 valence electrons. The molecule has 0 unspecified atom stereocenters. The molecule has 0 amide bonds. The zero-order chi connectivity index (χ0) is 17.3. The molecule has 2 rings (SSSR count). The van der Waals surface area contributed by atoms with Crippen LogP contribution in [0.4, 0.5) is 5.69 Å². The Morgan fingerprint density at radius 2 is 1.39 bits per heavy atom. The van der Waals surface area contributed by atoms with Gasteiger partial charge in [0.15, 0.2) is 9.84 Å². The number of sulfone groups is 1. The number of halogens is 2. The summed E-state index contributed by atoms with van der Waals surface area (Å²) in [7, 11) is -7.21. The highest BCUT2D eigenvalue weighted by molar-refractivity contribution is 7.92. The third-order valence-corrected chi connectivity index (χ3v) is 6.54. The minimum atomic E-state index is -3.88. The van der Waals surface area contributed by atoms with Gasteiger partial charge in [-0.15, -0.1) is 0 Å². The molecule has 0 fully saturated rings. The summed E-state index contributed by atoms with van der Waals surface area (Å²) in [6.45, 7) is 1.54. The third-order valence-electron chi connectivity index (χ3n) is 2.99. The van der Waals surface area contributed by atoms with Crippen molar-refractivity contribution in [3.05, 3.63) is 52.5 Å². The summed E-state index contributed by atoms with van der Waals surface area (Å²) in [5, 5.41) is 0.393. The van der Waals surface area contributed by atoms with Crippen molar-refractivity contribution in [1.82, 2.24) is 0 Å². The summed E-state index contributed by atoms with van der Waals surface area (Å²) in [6.07, 6.45) is 0. The molecule has 0 aliphatic rings. The summed E-state index contributed by atoms with van der Waals surface area (Å²) in [5.74, 6) is -0.0287. The number of sulfonamides is 1. The van der Waals surface area contributed by atoms with E-state index in [1.807, 2.05) is 0 Å². The van der Waals surface area contributed by atoms with Crippen molar-refractivity contribution in [2.45, 2.75) is 16.7 Å². The number of hydrogen-bond acceptors (Lipinski definition) is 4. The first-order valence-corrected chi connectivity index (χ1v) is 10.3. The van der Waals surface area contributed by atoms with Gasteiger partial charge in [-0.2, -0.15) is 0 Å². The molecule has 5 nitrogen and oxygen atoms in total. The highest BCUT2D eigenvalue weighted by Gasteiger charge is 2.17. The summed E-state index contributed by atoms with van der Waals surface area (Å²) in [6, 6.07) is 9.42. The Labute approximate surface area is 145 Å². The van der Waals surface area contributed by atoms with E-state index in [1.165, 1.54) is 49.4 Å². The molecular weight excluding hydrogens is 381 g/mol. The van der Waals surface area contributed by atoms with Gasteiger partial charge in [0, 0.05) is 15.7 Å². The van der Waals surface area contributed by atoms with Gasteiger partial charge in [0.1, 0.15) is 0 Å². The van der Waals surface area contributed by atoms with E-state index in [0.29, 0.717) is 0 Å². The largest absolute Gasteiger partial charge is 0.280 e. The van der Waals surface area contributed by atoms with Crippen LogP contribution in [0.3, 0.4) is 0 Å². The van der Waals surface area contributed by atoms with E-state index in [1.54, 1.807) is 0 Å². The van der Waals surface area contributed by atoms with Gasteiger partial charge in [-0.3, -0.25) is 4.72 Å². The summed E-state index contributed by atoms with van der Waals surface area (Å²) in [5.41, 5.74) is 0.233. The van der Waals surface area contributed by atoms with E-state index in [0.717, 1.165) is 0 Å². The van der Waals surface area contributed by atoms with E-state index >= 15 is 0 Å². The van der Waals surface area contributed by atoms with Crippen LogP contribution in [0, 0.1) is 0 Å². The van der Waals surface area contributed by atoms with E-state index in [9.17, 15) is 16.8 Å². The summed E-state index contributed by atoms with van der Waals surface area (Å²) >= 11 is 11.6. The monoisotopic (exact) mass is 393 g/mol. The van der Waals surface area contributed by atoms with Gasteiger partial charge in [0.2, 0.25) is 0 Å². The van der Waals surface area contributed by atoms with Crippen molar-refractivity contribution >= 4 is 48.7 Å². The summed E-state index contributed by atoms with van der Waals surface area (Å²) < 4.78 is 50.4. The topological polar surface area (TPSA) is 80.3 Å². The second-order valence-corrected chi connectivity index (χ2v) is 9.47. The Kier molecular flexibility index (Phi) is 5.25. The predicted molar refractivity (Wildman–Crippen MR) is 91.4 cm³/mol. The quantitative estimate of drug-likeness (QED) is 0.841. The molecule has 23 heavy (non-hydrogen) atoms. The lowest BCUT2D eigenvalue weighted by atomic mass is 10.3. The molecule has 0 aliphatic carbocycles. The van der Waals surface area contributed by atoms with Crippen molar-refractivity contribution in [1.29, 1.82) is 0 Å². The Hall–Kier alpha value is -1.28. The molecule has 0 radical (unpaired) electrons. The molecule has 0 spiro atoms. The molecule has 0 atom stereocenters. The molecule has 9 heteroatoms. The molecular formula is C14H13Cl2NO4S2. The number of hydrogen-bond donors (Lipinski definition) is 1. The van der Waals surface area contributed by atoms with Crippen LogP contribution in [0.5, 0.6) is 0 Å². The Morgan fingerprint density at radius 1 is 0.870 bits per heavy atom. The summed E-state index contributed by atoms with van der Waals surface area (Å²) in [4.78, 5) is 0.0500. The first kappa shape index (κ1) is 18.1. The van der Waals surface area contributed by atoms with Gasteiger partial charge in [0.05, 0.1) is 15.5 Å². The van der Waals surface area contributed by atoms with Crippen molar-refractivity contribution in [2.75, 3.05) is 10.5 Å². The van der Waals surface area contributed by atoms with Gasteiger partial charge in [0.25, 0.3) is 10.0 Å². The normalized spacial score (nSPS) is 12.1. The second kappa shape index (κ2) is 6.68. The minimum absolute atomic E-state index is 0.0287. The number of rotatable bonds is 5. The molecule has 0 saturated carbocycles. The maximum atomic E-state index is 12.3. The van der Waals surface area contributed by atoms with Crippen LogP contribution in [-0.4, -0.2) is 22.6 Å². The smallest absolute Gasteiger partial charge is 0.261 e. The molecule has 0 heterocycles. The second-order valence-electron chi connectivity index (χ2n) is 4.64. The molecule has 0 bridgehead atoms. The molecule has 1 N–H and O–H groups in total. The van der Waals surface area contributed by atoms with Crippen LogP contribution in [0.1, 0.15) is 6.92 Å². The fourth-order valence-corrected chi connectivity index (χ4v) is 4.46. The number of benzene rings is 2. The van der Waals surface area contributed by atoms with E-state index < -0.39 is 19.9 Å². The first-order valence-electron chi connectivity index (χ1n) is 6.46. The number of nitrogens with one attached hydrogen (secondary N) is 1. The van der Waals surface area contributed by atoms with E-state index in [2.05, 4.69) is 4.72 Å². The molecule has 0 aliphatic heterocycles. The average Bonchev–Trinajstić information content (AvgIpc) is 2.46. The average molecular weight is 394 g/mol.